The van der Waals surface area contributed by atoms with Crippen molar-refractivity contribution in [2.75, 3.05) is 0 Å². The van der Waals surface area contributed by atoms with Crippen molar-refractivity contribution in [1.29, 1.82) is 0 Å². The summed E-state index contributed by atoms with van der Waals surface area (Å²) < 4.78 is 5.89. The molecule has 0 N–H and O–H groups in total. The maximum Gasteiger partial charge on any atom is 0.214 e. The fourth-order valence-electron chi connectivity index (χ4n) is 1.04. The van der Waals surface area contributed by atoms with Gasteiger partial charge in [-0.25, -0.2) is 9.97 Å². The van der Waals surface area contributed by atoms with Gasteiger partial charge in [0.2, 0.25) is 5.13 Å². The first-order valence-corrected chi connectivity index (χ1v) is 4.48. The molecule has 2 heterocycles. The van der Waals surface area contributed by atoms with Crippen molar-refractivity contribution < 1.29 is 0 Å². The van der Waals surface area contributed by atoms with Crippen molar-refractivity contribution >= 4 is 11.5 Å². The number of hydrogen-bond acceptors (Lipinski definition) is 4. The van der Waals surface area contributed by atoms with Crippen LogP contribution in [0.1, 0.15) is 12.7 Å². The molecule has 0 saturated heterocycles. The second kappa shape index (κ2) is 3.02. The van der Waals surface area contributed by atoms with E-state index in [0.717, 1.165) is 17.4 Å². The van der Waals surface area contributed by atoms with Crippen LogP contribution >= 0.6 is 11.5 Å². The highest BCUT2D eigenvalue weighted by atomic mass is 32.1. The largest absolute Gasteiger partial charge is 0.278 e. The molecule has 2 rings (SSSR count). The van der Waals surface area contributed by atoms with Crippen LogP contribution in [0.25, 0.3) is 5.13 Å². The zero-order valence-corrected chi connectivity index (χ0v) is 7.45. The summed E-state index contributed by atoms with van der Waals surface area (Å²) in [6.45, 7) is 2.07. The fraction of sp³-hybridized carbons (Fsp3) is 0.286. The van der Waals surface area contributed by atoms with Gasteiger partial charge in [0.05, 0.1) is 0 Å². The van der Waals surface area contributed by atoms with Crippen LogP contribution in [0.4, 0.5) is 0 Å². The first-order chi connectivity index (χ1) is 5.92. The number of rotatable bonds is 2. The lowest BCUT2D eigenvalue weighted by Gasteiger charge is -1.98. The number of hydrogen-bond donors (Lipinski definition) is 0. The van der Waals surface area contributed by atoms with Crippen LogP contribution < -0.4 is 0 Å². The van der Waals surface area contributed by atoms with Gasteiger partial charge in [-0.05, 0) is 0 Å². The van der Waals surface area contributed by atoms with E-state index in [1.807, 2.05) is 10.8 Å². The van der Waals surface area contributed by atoms with E-state index in [4.69, 9.17) is 0 Å². The summed E-state index contributed by atoms with van der Waals surface area (Å²) in [7, 11) is 0. The Morgan fingerprint density at radius 1 is 1.50 bits per heavy atom. The van der Waals surface area contributed by atoms with E-state index in [1.165, 1.54) is 11.5 Å². The highest BCUT2D eigenvalue weighted by Gasteiger charge is 2.04. The van der Waals surface area contributed by atoms with Crippen LogP contribution in [0.15, 0.2) is 18.7 Å². The Balaban J connectivity index is 2.46. The molecule has 0 bridgehead atoms. The molecule has 4 nitrogen and oxygen atoms in total. The Morgan fingerprint density at radius 3 is 3.08 bits per heavy atom. The van der Waals surface area contributed by atoms with Gasteiger partial charge in [-0.1, -0.05) is 6.92 Å². The number of aryl methyl sites for hydroxylation is 1. The van der Waals surface area contributed by atoms with Gasteiger partial charge < -0.3 is 0 Å². The molecule has 0 unspecified atom stereocenters. The Labute approximate surface area is 74.1 Å². The van der Waals surface area contributed by atoms with Gasteiger partial charge in [0.25, 0.3) is 0 Å². The van der Waals surface area contributed by atoms with Crippen molar-refractivity contribution in [2.45, 2.75) is 13.3 Å². The van der Waals surface area contributed by atoms with Gasteiger partial charge in [0.1, 0.15) is 12.2 Å². The first kappa shape index (κ1) is 7.42. The van der Waals surface area contributed by atoms with E-state index in [-0.39, 0.29) is 0 Å². The average Bonchev–Trinajstić information content (AvgIpc) is 2.74. The predicted octanol–water partition coefficient (Wildman–Crippen LogP) is 1.29. The van der Waals surface area contributed by atoms with E-state index < -0.39 is 0 Å². The van der Waals surface area contributed by atoms with Crippen molar-refractivity contribution in [3.8, 4) is 5.13 Å². The van der Waals surface area contributed by atoms with Gasteiger partial charge in [-0.15, -0.1) is 0 Å². The minimum Gasteiger partial charge on any atom is -0.278 e. The summed E-state index contributed by atoms with van der Waals surface area (Å²) in [6, 6.07) is 0. The number of aromatic nitrogens is 4. The third-order valence-corrected chi connectivity index (χ3v) is 2.25. The summed E-state index contributed by atoms with van der Waals surface area (Å²) in [5, 5.41) is 0.879. The molecule has 0 aromatic carbocycles. The second-order valence-electron chi connectivity index (χ2n) is 2.29. The lowest BCUT2D eigenvalue weighted by atomic mass is 10.5. The molecule has 0 radical (unpaired) electrons. The molecule has 12 heavy (non-hydrogen) atoms. The van der Waals surface area contributed by atoms with E-state index in [0.29, 0.717) is 0 Å². The normalized spacial score (nSPS) is 10.4. The minimum absolute atomic E-state index is 0.879. The SMILES string of the molecule is CCc1nccn1-c1ncns1. The molecule has 0 saturated carbocycles. The molecule has 0 aliphatic carbocycles. The molecule has 0 aliphatic heterocycles. The summed E-state index contributed by atoms with van der Waals surface area (Å²) in [5.41, 5.74) is 0. The smallest absolute Gasteiger partial charge is 0.214 e. The van der Waals surface area contributed by atoms with Crippen LogP contribution in [-0.2, 0) is 6.42 Å². The van der Waals surface area contributed by atoms with Crippen LogP contribution in [0.5, 0.6) is 0 Å². The summed E-state index contributed by atoms with van der Waals surface area (Å²) in [6.07, 6.45) is 6.14. The Morgan fingerprint density at radius 2 is 2.42 bits per heavy atom. The summed E-state index contributed by atoms with van der Waals surface area (Å²) >= 11 is 1.37. The van der Waals surface area contributed by atoms with Gasteiger partial charge >= 0.3 is 0 Å². The third-order valence-electron chi connectivity index (χ3n) is 1.59. The quantitative estimate of drug-likeness (QED) is 0.699. The maximum atomic E-state index is 4.19. The topological polar surface area (TPSA) is 43.6 Å². The van der Waals surface area contributed by atoms with Crippen LogP contribution in [0.3, 0.4) is 0 Å². The lowest BCUT2D eigenvalue weighted by molar-refractivity contribution is 0.883. The third kappa shape index (κ3) is 1.12. The first-order valence-electron chi connectivity index (χ1n) is 3.71. The molecule has 0 fully saturated rings. The highest BCUT2D eigenvalue weighted by Crippen LogP contribution is 2.10. The summed E-state index contributed by atoms with van der Waals surface area (Å²) in [5.74, 6) is 1.02. The monoisotopic (exact) mass is 180 g/mol. The molecule has 2 aromatic rings. The highest BCUT2D eigenvalue weighted by molar-refractivity contribution is 7.07. The molecule has 0 spiro atoms. The van der Waals surface area contributed by atoms with Crippen LogP contribution in [0, 0.1) is 0 Å². The molecular weight excluding hydrogens is 172 g/mol. The molecule has 0 amide bonds. The Bertz CT molecular complexity index is 351. The molecule has 62 valence electrons. The molecule has 5 heteroatoms. The van der Waals surface area contributed by atoms with Gasteiger partial charge in [-0.2, -0.15) is 4.37 Å². The molecule has 0 aliphatic rings. The summed E-state index contributed by atoms with van der Waals surface area (Å²) in [4.78, 5) is 8.29. The standard InChI is InChI=1S/C7H8N4S/c1-2-6-8-3-4-11(6)7-9-5-10-12-7/h3-5H,2H2,1H3. The van der Waals surface area contributed by atoms with E-state index in [9.17, 15) is 0 Å². The predicted molar refractivity (Wildman–Crippen MR) is 46.4 cm³/mol. The Hall–Kier alpha value is -1.23. The van der Waals surface area contributed by atoms with E-state index in [1.54, 1.807) is 12.5 Å². The number of nitrogens with zero attached hydrogens (tertiary/aromatic N) is 4. The van der Waals surface area contributed by atoms with Crippen LogP contribution in [0.2, 0.25) is 0 Å². The van der Waals surface area contributed by atoms with E-state index >= 15 is 0 Å². The lowest BCUT2D eigenvalue weighted by Crippen LogP contribution is -1.97. The van der Waals surface area contributed by atoms with Crippen molar-refractivity contribution in [2.24, 2.45) is 0 Å². The van der Waals surface area contributed by atoms with Gasteiger partial charge in [0.15, 0.2) is 0 Å². The molecular formula is C7H8N4S. The molecule has 0 atom stereocenters. The van der Waals surface area contributed by atoms with Crippen LogP contribution in [-0.4, -0.2) is 18.9 Å². The average molecular weight is 180 g/mol. The number of imidazole rings is 1. The van der Waals surface area contributed by atoms with E-state index in [2.05, 4.69) is 21.3 Å². The second-order valence-corrected chi connectivity index (χ2v) is 3.05. The minimum atomic E-state index is 0.879. The molecule has 2 aromatic heterocycles. The zero-order valence-electron chi connectivity index (χ0n) is 6.64. The van der Waals surface area contributed by atoms with Crippen molar-refractivity contribution in [1.82, 2.24) is 18.9 Å². The van der Waals surface area contributed by atoms with Gasteiger partial charge in [-0.3, -0.25) is 4.57 Å². The maximum absolute atomic E-state index is 4.19. The zero-order chi connectivity index (χ0) is 8.39. The van der Waals surface area contributed by atoms with Gasteiger partial charge in [0, 0.05) is 30.3 Å². The van der Waals surface area contributed by atoms with Crippen molar-refractivity contribution in [3.63, 3.8) is 0 Å². The Kier molecular flexibility index (Phi) is 1.87. The fourth-order valence-corrected chi connectivity index (χ4v) is 1.58. The van der Waals surface area contributed by atoms with Crippen molar-refractivity contribution in [3.05, 3.63) is 24.5 Å².